The molecule has 4 nitrogen and oxygen atoms in total. The summed E-state index contributed by atoms with van der Waals surface area (Å²) in [4.78, 5) is 10.3. The van der Waals surface area contributed by atoms with Crippen LogP contribution in [0.5, 0.6) is 0 Å². The molecule has 94 valence electrons. The first-order valence-electron chi connectivity index (χ1n) is 5.62. The fourth-order valence-corrected chi connectivity index (χ4v) is 1.70. The van der Waals surface area contributed by atoms with Gasteiger partial charge in [-0.2, -0.15) is 4.98 Å². The summed E-state index contributed by atoms with van der Waals surface area (Å²) in [5, 5.41) is 2.89. The van der Waals surface area contributed by atoms with Gasteiger partial charge in [0.1, 0.15) is 11.6 Å². The van der Waals surface area contributed by atoms with Crippen molar-refractivity contribution in [1.82, 2.24) is 9.97 Å². The zero-order chi connectivity index (χ0) is 13.1. The Morgan fingerprint density at radius 3 is 2.78 bits per heavy atom. The van der Waals surface area contributed by atoms with Crippen molar-refractivity contribution in [3.8, 4) is 0 Å². The number of nitrogens with zero attached hydrogens (tertiary/aromatic N) is 3. The standard InChI is InChI=1S/C13H15FN4/c1-9-8-16-13(15-2)17-12(9)18(3)11-6-4-5-10(14)7-11/h4-8H,1-3H3,(H,15,16,17). The fourth-order valence-electron chi connectivity index (χ4n) is 1.70. The van der Waals surface area contributed by atoms with E-state index >= 15 is 0 Å². The molecule has 0 amide bonds. The van der Waals surface area contributed by atoms with E-state index in [1.165, 1.54) is 12.1 Å². The lowest BCUT2D eigenvalue weighted by atomic mass is 10.2. The molecule has 5 heteroatoms. The summed E-state index contributed by atoms with van der Waals surface area (Å²) >= 11 is 0. The molecule has 2 rings (SSSR count). The molecule has 0 atom stereocenters. The van der Waals surface area contributed by atoms with Crippen molar-refractivity contribution in [2.45, 2.75) is 6.92 Å². The van der Waals surface area contributed by atoms with Crippen LogP contribution in [0.15, 0.2) is 30.5 Å². The van der Waals surface area contributed by atoms with Gasteiger partial charge < -0.3 is 10.2 Å². The predicted octanol–water partition coefficient (Wildman–Crippen LogP) is 2.73. The summed E-state index contributed by atoms with van der Waals surface area (Å²) in [5.74, 6) is 1.03. The van der Waals surface area contributed by atoms with Crippen molar-refractivity contribution < 1.29 is 4.39 Å². The zero-order valence-electron chi connectivity index (χ0n) is 10.6. The van der Waals surface area contributed by atoms with E-state index in [0.717, 1.165) is 17.1 Å². The van der Waals surface area contributed by atoms with Crippen molar-refractivity contribution in [3.05, 3.63) is 41.8 Å². The van der Waals surface area contributed by atoms with E-state index in [1.807, 2.05) is 24.9 Å². The first-order chi connectivity index (χ1) is 8.61. The lowest BCUT2D eigenvalue weighted by Gasteiger charge is -2.20. The molecule has 18 heavy (non-hydrogen) atoms. The second-order valence-electron chi connectivity index (χ2n) is 3.99. The Labute approximate surface area is 105 Å². The number of hydrogen-bond donors (Lipinski definition) is 1. The molecular formula is C13H15FN4. The van der Waals surface area contributed by atoms with E-state index in [-0.39, 0.29) is 5.82 Å². The molecule has 0 saturated heterocycles. The van der Waals surface area contributed by atoms with Crippen LogP contribution in [0, 0.1) is 12.7 Å². The normalized spacial score (nSPS) is 10.2. The summed E-state index contributed by atoms with van der Waals surface area (Å²) in [7, 11) is 3.61. The van der Waals surface area contributed by atoms with Crippen molar-refractivity contribution in [2.24, 2.45) is 0 Å². The molecule has 1 aromatic heterocycles. The van der Waals surface area contributed by atoms with Gasteiger partial charge in [-0.3, -0.25) is 0 Å². The number of benzene rings is 1. The third-order valence-corrected chi connectivity index (χ3v) is 2.68. The molecule has 0 spiro atoms. The average Bonchev–Trinajstić information content (AvgIpc) is 2.38. The maximum Gasteiger partial charge on any atom is 0.224 e. The Balaban J connectivity index is 2.41. The second kappa shape index (κ2) is 5.00. The first-order valence-corrected chi connectivity index (χ1v) is 5.62. The van der Waals surface area contributed by atoms with Crippen LogP contribution in [0.1, 0.15) is 5.56 Å². The predicted molar refractivity (Wildman–Crippen MR) is 70.8 cm³/mol. The van der Waals surface area contributed by atoms with Crippen LogP contribution in [0.25, 0.3) is 0 Å². The van der Waals surface area contributed by atoms with Gasteiger partial charge in [-0.1, -0.05) is 6.07 Å². The smallest absolute Gasteiger partial charge is 0.224 e. The van der Waals surface area contributed by atoms with Crippen LogP contribution in [-0.2, 0) is 0 Å². The van der Waals surface area contributed by atoms with Crippen LogP contribution >= 0.6 is 0 Å². The molecule has 2 aromatic rings. The maximum absolute atomic E-state index is 13.2. The molecule has 1 aromatic carbocycles. The molecule has 0 unspecified atom stereocenters. The van der Waals surface area contributed by atoms with Gasteiger partial charge in [0.25, 0.3) is 0 Å². The molecule has 0 aliphatic rings. The number of aromatic nitrogens is 2. The number of halogens is 1. The summed E-state index contributed by atoms with van der Waals surface area (Å²) in [6.07, 6.45) is 1.74. The van der Waals surface area contributed by atoms with Crippen LogP contribution < -0.4 is 10.2 Å². The first kappa shape index (κ1) is 12.3. The van der Waals surface area contributed by atoms with Gasteiger partial charge in [0.05, 0.1) is 0 Å². The van der Waals surface area contributed by atoms with Crippen molar-refractivity contribution in [3.63, 3.8) is 0 Å². The maximum atomic E-state index is 13.2. The lowest BCUT2D eigenvalue weighted by Crippen LogP contribution is -2.14. The molecule has 0 radical (unpaired) electrons. The number of aryl methyl sites for hydroxylation is 1. The Morgan fingerprint density at radius 2 is 2.11 bits per heavy atom. The number of rotatable bonds is 3. The van der Waals surface area contributed by atoms with E-state index < -0.39 is 0 Å². The highest BCUT2D eigenvalue weighted by atomic mass is 19.1. The van der Waals surface area contributed by atoms with E-state index in [9.17, 15) is 4.39 Å². The Hall–Kier alpha value is -2.17. The highest BCUT2D eigenvalue weighted by Gasteiger charge is 2.10. The zero-order valence-corrected chi connectivity index (χ0v) is 10.6. The summed E-state index contributed by atoms with van der Waals surface area (Å²) in [6.45, 7) is 1.92. The number of anilines is 3. The Kier molecular flexibility index (Phi) is 3.41. The highest BCUT2D eigenvalue weighted by molar-refractivity contribution is 5.62. The van der Waals surface area contributed by atoms with E-state index in [1.54, 1.807) is 19.3 Å². The SMILES string of the molecule is CNc1ncc(C)c(N(C)c2cccc(F)c2)n1. The molecule has 0 bridgehead atoms. The third-order valence-electron chi connectivity index (χ3n) is 2.68. The fraction of sp³-hybridized carbons (Fsp3) is 0.231. The second-order valence-corrected chi connectivity index (χ2v) is 3.99. The summed E-state index contributed by atoms with van der Waals surface area (Å²) < 4.78 is 13.2. The Bertz CT molecular complexity index is 556. The summed E-state index contributed by atoms with van der Waals surface area (Å²) in [6, 6.07) is 6.41. The minimum Gasteiger partial charge on any atom is -0.357 e. The summed E-state index contributed by atoms with van der Waals surface area (Å²) in [5.41, 5.74) is 1.68. The molecule has 1 N–H and O–H groups in total. The van der Waals surface area contributed by atoms with Crippen molar-refractivity contribution in [1.29, 1.82) is 0 Å². The van der Waals surface area contributed by atoms with Gasteiger partial charge in [0.2, 0.25) is 5.95 Å². The van der Waals surface area contributed by atoms with Gasteiger partial charge in [0, 0.05) is 31.5 Å². The molecule has 0 aliphatic heterocycles. The van der Waals surface area contributed by atoms with Gasteiger partial charge >= 0.3 is 0 Å². The third kappa shape index (κ3) is 2.40. The van der Waals surface area contributed by atoms with Gasteiger partial charge in [-0.25, -0.2) is 9.37 Å². The van der Waals surface area contributed by atoms with Gasteiger partial charge in [-0.15, -0.1) is 0 Å². The molecular weight excluding hydrogens is 231 g/mol. The van der Waals surface area contributed by atoms with Crippen LogP contribution in [0.4, 0.5) is 21.8 Å². The van der Waals surface area contributed by atoms with Gasteiger partial charge in [0.15, 0.2) is 0 Å². The molecule has 0 aliphatic carbocycles. The molecule has 0 fully saturated rings. The van der Waals surface area contributed by atoms with Crippen LogP contribution in [0.2, 0.25) is 0 Å². The van der Waals surface area contributed by atoms with Gasteiger partial charge in [-0.05, 0) is 25.1 Å². The highest BCUT2D eigenvalue weighted by Crippen LogP contribution is 2.25. The lowest BCUT2D eigenvalue weighted by molar-refractivity contribution is 0.628. The Morgan fingerprint density at radius 1 is 1.33 bits per heavy atom. The van der Waals surface area contributed by atoms with Crippen LogP contribution in [0.3, 0.4) is 0 Å². The van der Waals surface area contributed by atoms with E-state index in [4.69, 9.17) is 0 Å². The van der Waals surface area contributed by atoms with E-state index in [0.29, 0.717) is 5.95 Å². The minimum absolute atomic E-state index is 0.264. The number of nitrogens with one attached hydrogen (secondary N) is 1. The topological polar surface area (TPSA) is 41.1 Å². The number of hydrogen-bond acceptors (Lipinski definition) is 4. The van der Waals surface area contributed by atoms with Crippen molar-refractivity contribution in [2.75, 3.05) is 24.3 Å². The van der Waals surface area contributed by atoms with E-state index in [2.05, 4.69) is 15.3 Å². The average molecular weight is 246 g/mol. The quantitative estimate of drug-likeness (QED) is 0.904. The molecule has 0 saturated carbocycles. The van der Waals surface area contributed by atoms with Crippen LogP contribution in [-0.4, -0.2) is 24.1 Å². The molecule has 1 heterocycles. The monoisotopic (exact) mass is 246 g/mol. The minimum atomic E-state index is -0.264. The largest absolute Gasteiger partial charge is 0.357 e. The van der Waals surface area contributed by atoms with Crippen molar-refractivity contribution >= 4 is 17.5 Å².